The maximum Gasteiger partial charge on any atom is 0.323 e. The first kappa shape index (κ1) is 8.05. The summed E-state index contributed by atoms with van der Waals surface area (Å²) >= 11 is 0. The Labute approximate surface area is 85.6 Å². The minimum atomic E-state index is -0.488. The van der Waals surface area contributed by atoms with Gasteiger partial charge in [0.05, 0.1) is 11.4 Å². The lowest BCUT2D eigenvalue weighted by atomic mass is 10.0. The van der Waals surface area contributed by atoms with Crippen molar-refractivity contribution >= 4 is 17.8 Å². The lowest BCUT2D eigenvalue weighted by molar-refractivity contribution is 0.250. The van der Waals surface area contributed by atoms with Gasteiger partial charge < -0.3 is 5.73 Å². The van der Waals surface area contributed by atoms with E-state index >= 15 is 0 Å². The summed E-state index contributed by atoms with van der Waals surface area (Å²) in [6.07, 6.45) is 5.54. The molecule has 0 aromatic carbocycles. The van der Waals surface area contributed by atoms with Crippen molar-refractivity contribution in [2.24, 2.45) is 10.8 Å². The van der Waals surface area contributed by atoms with Gasteiger partial charge in [-0.15, -0.1) is 0 Å². The van der Waals surface area contributed by atoms with E-state index in [-0.39, 0.29) is 0 Å². The molecule has 0 saturated carbocycles. The van der Waals surface area contributed by atoms with Crippen molar-refractivity contribution in [2.75, 3.05) is 0 Å². The number of carbonyl (C=O) groups excluding carboxylic acids is 1. The van der Waals surface area contributed by atoms with Gasteiger partial charge in [0, 0.05) is 11.8 Å². The average molecular weight is 200 g/mol. The van der Waals surface area contributed by atoms with E-state index in [4.69, 9.17) is 5.73 Å². The fourth-order valence-electron chi connectivity index (χ4n) is 1.85. The Balaban J connectivity index is 2.29. The average Bonchev–Trinajstić information content (AvgIpc) is 2.55. The fraction of sp³-hybridized carbons (Fsp3) is 0. The summed E-state index contributed by atoms with van der Waals surface area (Å²) in [6.45, 7) is 0. The minimum absolute atomic E-state index is 0.488. The van der Waals surface area contributed by atoms with Crippen LogP contribution in [-0.4, -0.2) is 16.3 Å². The molecule has 5 nitrogen and oxygen atoms in total. The summed E-state index contributed by atoms with van der Waals surface area (Å²) in [5.41, 5.74) is 11.3. The zero-order chi connectivity index (χ0) is 10.4. The highest BCUT2D eigenvalue weighted by molar-refractivity contribution is 6.19. The summed E-state index contributed by atoms with van der Waals surface area (Å²) in [4.78, 5) is 11.2. The van der Waals surface area contributed by atoms with E-state index in [0.717, 1.165) is 22.7 Å². The van der Waals surface area contributed by atoms with E-state index in [2.05, 4.69) is 10.5 Å². The predicted molar refractivity (Wildman–Crippen MR) is 56.2 cm³/mol. The number of amides is 1. The fourth-order valence-corrected chi connectivity index (χ4v) is 1.85. The van der Waals surface area contributed by atoms with Gasteiger partial charge in [0.15, 0.2) is 0 Å². The lowest BCUT2D eigenvalue weighted by Gasteiger charge is -2.18. The van der Waals surface area contributed by atoms with Crippen molar-refractivity contribution in [1.29, 1.82) is 0 Å². The molecule has 2 aliphatic rings. The maximum absolute atomic E-state index is 11.2. The number of fused-ring (bicyclic) bond motifs is 4. The molecule has 0 atom stereocenters. The number of rotatable bonds is 0. The van der Waals surface area contributed by atoms with Crippen LogP contribution in [0.4, 0.5) is 4.79 Å². The maximum atomic E-state index is 11.2. The minimum Gasteiger partial charge on any atom is -0.351 e. The van der Waals surface area contributed by atoms with Gasteiger partial charge in [0.2, 0.25) is 0 Å². The van der Waals surface area contributed by atoms with Gasteiger partial charge >= 0.3 is 6.03 Å². The van der Waals surface area contributed by atoms with Crippen LogP contribution in [-0.2, 0) is 0 Å². The van der Waals surface area contributed by atoms with Gasteiger partial charge in [-0.05, 0) is 24.3 Å². The largest absolute Gasteiger partial charge is 0.351 e. The Kier molecular flexibility index (Phi) is 1.39. The van der Waals surface area contributed by atoms with Crippen LogP contribution >= 0.6 is 0 Å². The lowest BCUT2D eigenvalue weighted by Crippen LogP contribution is -2.29. The highest BCUT2D eigenvalue weighted by Gasteiger charge is 2.24. The number of hydrazone groups is 1. The van der Waals surface area contributed by atoms with Crippen molar-refractivity contribution in [1.82, 2.24) is 9.99 Å². The first-order chi connectivity index (χ1) is 7.27. The molecule has 1 aromatic rings. The molecule has 15 heavy (non-hydrogen) atoms. The molecule has 0 saturated heterocycles. The zero-order valence-corrected chi connectivity index (χ0v) is 7.77. The van der Waals surface area contributed by atoms with E-state index in [0.29, 0.717) is 0 Å². The molecular weight excluding hydrogens is 192 g/mol. The van der Waals surface area contributed by atoms with E-state index < -0.39 is 6.03 Å². The first-order valence-electron chi connectivity index (χ1n) is 4.51. The molecule has 0 fully saturated rings. The SMILES string of the molecule is NC(=O)n1c2ccc1C1=NNC=CC1=C2. The highest BCUT2D eigenvalue weighted by Crippen LogP contribution is 2.24. The van der Waals surface area contributed by atoms with Gasteiger partial charge in [0.1, 0.15) is 5.71 Å². The normalized spacial score (nSPS) is 16.3. The summed E-state index contributed by atoms with van der Waals surface area (Å²) in [5, 5.41) is 4.12. The van der Waals surface area contributed by atoms with Gasteiger partial charge in [-0.3, -0.25) is 9.99 Å². The van der Waals surface area contributed by atoms with Crippen LogP contribution in [0.2, 0.25) is 0 Å². The van der Waals surface area contributed by atoms with Gasteiger partial charge in [-0.2, -0.15) is 5.10 Å². The number of carbonyl (C=O) groups is 1. The molecule has 3 N–H and O–H groups in total. The van der Waals surface area contributed by atoms with Crippen LogP contribution in [0.1, 0.15) is 11.4 Å². The number of nitrogens with one attached hydrogen (secondary N) is 1. The smallest absolute Gasteiger partial charge is 0.323 e. The number of hydrogen-bond acceptors (Lipinski definition) is 3. The van der Waals surface area contributed by atoms with Crippen LogP contribution in [0.3, 0.4) is 0 Å². The van der Waals surface area contributed by atoms with E-state index in [9.17, 15) is 4.79 Å². The molecule has 74 valence electrons. The second-order valence-corrected chi connectivity index (χ2v) is 3.34. The molecule has 1 amide bonds. The third-order valence-electron chi connectivity index (χ3n) is 2.46. The summed E-state index contributed by atoms with van der Waals surface area (Å²) < 4.78 is 1.45. The third-order valence-corrected chi connectivity index (χ3v) is 2.46. The third kappa shape index (κ3) is 0.969. The Morgan fingerprint density at radius 2 is 2.33 bits per heavy atom. The molecule has 0 radical (unpaired) electrons. The standard InChI is InChI=1S/C10H8N4O/c11-10(15)14-7-1-2-8(14)9-6(5-7)3-4-12-13-9/h1-5,12H,(H2,11,15). The van der Waals surface area contributed by atoms with Crippen LogP contribution in [0.15, 0.2) is 35.1 Å². The van der Waals surface area contributed by atoms with Crippen molar-refractivity contribution in [3.63, 3.8) is 0 Å². The topological polar surface area (TPSA) is 72.4 Å². The summed E-state index contributed by atoms with van der Waals surface area (Å²) in [6, 6.07) is 3.20. The molecule has 3 heterocycles. The number of allylic oxidation sites excluding steroid dienone is 2. The van der Waals surface area contributed by atoms with Crippen molar-refractivity contribution in [3.05, 3.63) is 41.4 Å². The molecule has 0 spiro atoms. The predicted octanol–water partition coefficient (Wildman–Crippen LogP) is 0.633. The Morgan fingerprint density at radius 1 is 1.47 bits per heavy atom. The van der Waals surface area contributed by atoms with E-state index in [1.54, 1.807) is 6.20 Å². The van der Waals surface area contributed by atoms with E-state index in [1.807, 2.05) is 24.3 Å². The van der Waals surface area contributed by atoms with Crippen molar-refractivity contribution < 1.29 is 4.79 Å². The van der Waals surface area contributed by atoms with E-state index in [1.165, 1.54) is 4.57 Å². The van der Waals surface area contributed by atoms with Crippen molar-refractivity contribution in [2.45, 2.75) is 0 Å². The van der Waals surface area contributed by atoms with Crippen LogP contribution in [0.25, 0.3) is 6.08 Å². The Morgan fingerprint density at radius 3 is 3.13 bits per heavy atom. The first-order valence-corrected chi connectivity index (χ1v) is 4.51. The van der Waals surface area contributed by atoms with Crippen LogP contribution < -0.4 is 11.2 Å². The molecule has 0 aliphatic carbocycles. The number of primary amides is 1. The number of hydrogen-bond donors (Lipinski definition) is 2. The number of nitrogens with two attached hydrogens (primary N) is 1. The summed E-state index contributed by atoms with van der Waals surface area (Å²) in [5.74, 6) is 0. The zero-order valence-electron chi connectivity index (χ0n) is 7.77. The Hall–Kier alpha value is -2.30. The van der Waals surface area contributed by atoms with Crippen LogP contribution in [0.5, 0.6) is 0 Å². The molecular formula is C10H8N4O. The second-order valence-electron chi connectivity index (χ2n) is 3.34. The van der Waals surface area contributed by atoms with Crippen LogP contribution in [0, 0.1) is 0 Å². The Bertz CT molecular complexity index is 548. The highest BCUT2D eigenvalue weighted by atomic mass is 16.2. The monoisotopic (exact) mass is 200 g/mol. The van der Waals surface area contributed by atoms with Gasteiger partial charge in [-0.25, -0.2) is 4.79 Å². The molecule has 3 rings (SSSR count). The quantitative estimate of drug-likeness (QED) is 0.644. The van der Waals surface area contributed by atoms with Gasteiger partial charge in [-0.1, -0.05) is 0 Å². The van der Waals surface area contributed by atoms with Crippen molar-refractivity contribution in [3.8, 4) is 0 Å². The molecule has 5 heteroatoms. The summed E-state index contributed by atoms with van der Waals surface area (Å²) in [7, 11) is 0. The second kappa shape index (κ2) is 2.60. The molecule has 2 aliphatic heterocycles. The number of nitrogens with zero attached hydrogens (tertiary/aromatic N) is 2. The number of aromatic nitrogens is 1. The molecule has 0 unspecified atom stereocenters. The molecule has 1 aromatic heterocycles. The molecule has 2 bridgehead atoms. The van der Waals surface area contributed by atoms with Gasteiger partial charge in [0.25, 0.3) is 0 Å².